The van der Waals surface area contributed by atoms with Crippen LogP contribution in [0.5, 0.6) is 0 Å². The molecule has 1 saturated heterocycles. The minimum atomic E-state index is -0.917. The van der Waals surface area contributed by atoms with E-state index >= 15 is 0 Å². The van der Waals surface area contributed by atoms with Gasteiger partial charge in [-0.25, -0.2) is 5.01 Å². The lowest BCUT2D eigenvalue weighted by Gasteiger charge is -2.29. The Balaban J connectivity index is 0.000000481. The molecule has 4 rings (SSSR count). The lowest BCUT2D eigenvalue weighted by atomic mass is 10.0. The Morgan fingerprint density at radius 3 is 2.29 bits per heavy atom. The van der Waals surface area contributed by atoms with E-state index in [1.807, 2.05) is 32.0 Å². The number of allylic oxidation sites excluding steroid dienone is 4. The number of rotatable bonds is 11. The molecule has 1 aromatic carbocycles. The number of aliphatic hydroxyl groups is 3. The van der Waals surface area contributed by atoms with E-state index in [-0.39, 0.29) is 25.6 Å². The Labute approximate surface area is 249 Å². The van der Waals surface area contributed by atoms with Crippen LogP contribution in [0.4, 0.5) is 5.69 Å². The molecule has 232 valence electrons. The fourth-order valence-electron chi connectivity index (χ4n) is 4.30. The van der Waals surface area contributed by atoms with Gasteiger partial charge >= 0.3 is 0 Å². The van der Waals surface area contributed by atoms with E-state index in [0.717, 1.165) is 47.7 Å². The highest BCUT2D eigenvalue weighted by Gasteiger charge is 2.35. The van der Waals surface area contributed by atoms with Gasteiger partial charge in [0.1, 0.15) is 5.82 Å². The molecule has 0 spiro atoms. The maximum atomic E-state index is 13.5. The molecule has 2 heterocycles. The normalized spacial score (nSPS) is 14.5. The number of carbonyl (C=O) groups excluding carboxylic acids is 1. The summed E-state index contributed by atoms with van der Waals surface area (Å²) >= 11 is 0. The molecule has 42 heavy (non-hydrogen) atoms. The number of aromatic nitrogens is 2. The number of aromatic amines is 1. The second-order valence-corrected chi connectivity index (χ2v) is 9.99. The van der Waals surface area contributed by atoms with Crippen LogP contribution in [0.3, 0.4) is 0 Å². The highest BCUT2D eigenvalue weighted by molar-refractivity contribution is 6.25. The molecule has 1 aliphatic heterocycles. The Hall–Kier alpha value is -3.32. The van der Waals surface area contributed by atoms with Crippen LogP contribution in [0.1, 0.15) is 62.7 Å². The first-order valence-corrected chi connectivity index (χ1v) is 14.4. The van der Waals surface area contributed by atoms with Gasteiger partial charge in [-0.3, -0.25) is 9.89 Å². The van der Waals surface area contributed by atoms with Crippen LogP contribution in [-0.2, 0) is 4.74 Å². The van der Waals surface area contributed by atoms with Crippen LogP contribution in [0, 0.1) is 0 Å². The number of morpholine rings is 1. The molecule has 0 saturated carbocycles. The number of likely N-dealkylation sites (N-methyl/N-ethyl adjacent to an activating group) is 1. The predicted molar refractivity (Wildman–Crippen MR) is 168 cm³/mol. The van der Waals surface area contributed by atoms with E-state index in [1.165, 1.54) is 5.57 Å². The standard InChI is InChI=1S/C24H29N5O2.C5H13NO3.C2H6/c1-5-17(10-9-15(2)3)22-21-23(27-26-22)18-7-6-8-19(20(18)24(21)30)25-16(4)28-29-11-13-31-14-12-29;1-6-5(2-7,3-8)4-9;1-2/h6-10,25,28H,4-5,11-14H2,1-3H3,(H,26,27);6-9H,2-4H2,1H3;1-2H3/b17-10+;;. The monoisotopic (exact) mass is 584 g/mol. The molecule has 0 atom stereocenters. The third-order valence-electron chi connectivity index (χ3n) is 6.89. The average Bonchev–Trinajstić information content (AvgIpc) is 3.57. The van der Waals surface area contributed by atoms with Crippen LogP contribution in [0.25, 0.3) is 16.8 Å². The number of hydrazine groups is 1. The van der Waals surface area contributed by atoms with Crippen LogP contribution in [-0.4, -0.2) is 95.0 Å². The summed E-state index contributed by atoms with van der Waals surface area (Å²) in [6, 6.07) is 5.79. The average molecular weight is 585 g/mol. The van der Waals surface area contributed by atoms with Gasteiger partial charge in [0, 0.05) is 18.7 Å². The summed E-state index contributed by atoms with van der Waals surface area (Å²) in [5.74, 6) is 0.599. The number of fused-ring (bicyclic) bond motifs is 3. The number of nitrogens with one attached hydrogen (secondary N) is 4. The molecular formula is C31H48N6O5. The van der Waals surface area contributed by atoms with E-state index in [4.69, 9.17) is 20.1 Å². The number of hydrogen-bond acceptors (Lipinski definition) is 10. The van der Waals surface area contributed by atoms with Crippen LogP contribution >= 0.6 is 0 Å². The first-order chi connectivity index (χ1) is 20.2. The maximum Gasteiger partial charge on any atom is 0.200 e. The highest BCUT2D eigenvalue weighted by Crippen LogP contribution is 2.42. The fraction of sp³-hybridized carbons (Fsp3) is 0.484. The number of ether oxygens (including phenoxy) is 1. The molecule has 0 radical (unpaired) electrons. The summed E-state index contributed by atoms with van der Waals surface area (Å²) in [5, 5.41) is 41.3. The number of anilines is 1. The summed E-state index contributed by atoms with van der Waals surface area (Å²) in [6.07, 6.45) is 4.89. The third-order valence-corrected chi connectivity index (χ3v) is 6.89. The number of nitrogens with zero attached hydrogens (tertiary/aromatic N) is 2. The van der Waals surface area contributed by atoms with Crippen LogP contribution in [0.15, 0.2) is 48.3 Å². The molecule has 11 heteroatoms. The van der Waals surface area contributed by atoms with Gasteiger partial charge in [0.15, 0.2) is 5.78 Å². The minimum absolute atomic E-state index is 0.0208. The Kier molecular flexibility index (Phi) is 14.1. The largest absolute Gasteiger partial charge is 0.394 e. The second kappa shape index (κ2) is 17.0. The van der Waals surface area contributed by atoms with Gasteiger partial charge in [-0.1, -0.05) is 57.2 Å². The van der Waals surface area contributed by atoms with E-state index in [9.17, 15) is 4.79 Å². The summed E-state index contributed by atoms with van der Waals surface area (Å²) in [5.41, 5.74) is 8.97. The number of benzene rings is 1. The fourth-order valence-corrected chi connectivity index (χ4v) is 4.30. The molecule has 2 aromatic rings. The predicted octanol–water partition coefficient (Wildman–Crippen LogP) is 3.05. The summed E-state index contributed by atoms with van der Waals surface area (Å²) < 4.78 is 5.38. The van der Waals surface area contributed by atoms with Crippen molar-refractivity contribution in [3.05, 3.63) is 65.1 Å². The van der Waals surface area contributed by atoms with Crippen molar-refractivity contribution in [2.75, 3.05) is 58.5 Å². The summed E-state index contributed by atoms with van der Waals surface area (Å²) in [6.45, 7) is 16.4. The number of aliphatic hydroxyl groups excluding tert-OH is 3. The lowest BCUT2D eigenvalue weighted by molar-refractivity contribution is 0.0190. The summed E-state index contributed by atoms with van der Waals surface area (Å²) in [7, 11) is 1.57. The van der Waals surface area contributed by atoms with Gasteiger partial charge in [0.2, 0.25) is 0 Å². The van der Waals surface area contributed by atoms with Crippen molar-refractivity contribution in [1.29, 1.82) is 0 Å². The number of ketones is 1. The molecule has 0 unspecified atom stereocenters. The van der Waals surface area contributed by atoms with Crippen molar-refractivity contribution in [2.45, 2.75) is 46.6 Å². The third kappa shape index (κ3) is 8.37. The zero-order valence-corrected chi connectivity index (χ0v) is 25.8. The SMILES string of the molecule is C=C(Nc1cccc2c1C(=O)c1c(/C(=C/C=C(C)C)CC)n[nH]c1-2)NN1CCOCC1.CC.CNC(CO)(CO)CO. The van der Waals surface area contributed by atoms with Crippen molar-refractivity contribution in [3.8, 4) is 11.3 Å². The Morgan fingerprint density at radius 2 is 1.76 bits per heavy atom. The molecule has 0 bridgehead atoms. The van der Waals surface area contributed by atoms with Crippen molar-refractivity contribution in [3.63, 3.8) is 0 Å². The van der Waals surface area contributed by atoms with Gasteiger partial charge in [0.25, 0.3) is 0 Å². The van der Waals surface area contributed by atoms with Gasteiger partial charge in [-0.15, -0.1) is 0 Å². The quantitative estimate of drug-likeness (QED) is 0.167. The Bertz CT molecular complexity index is 1220. The highest BCUT2D eigenvalue weighted by atomic mass is 16.5. The number of H-pyrrole nitrogens is 1. The zero-order valence-electron chi connectivity index (χ0n) is 25.8. The molecule has 1 aliphatic carbocycles. The van der Waals surface area contributed by atoms with E-state index < -0.39 is 5.54 Å². The first-order valence-electron chi connectivity index (χ1n) is 14.4. The van der Waals surface area contributed by atoms with Gasteiger partial charge < -0.3 is 36.1 Å². The zero-order chi connectivity index (χ0) is 31.3. The molecule has 7 N–H and O–H groups in total. The van der Waals surface area contributed by atoms with Crippen molar-refractivity contribution in [2.24, 2.45) is 0 Å². The number of hydrogen-bond donors (Lipinski definition) is 7. The van der Waals surface area contributed by atoms with Crippen molar-refractivity contribution < 1.29 is 24.9 Å². The van der Waals surface area contributed by atoms with E-state index in [2.05, 4.69) is 70.8 Å². The van der Waals surface area contributed by atoms with Crippen LogP contribution < -0.4 is 16.1 Å². The van der Waals surface area contributed by atoms with Gasteiger partial charge in [0.05, 0.1) is 66.8 Å². The lowest BCUT2D eigenvalue weighted by Crippen LogP contribution is -2.52. The van der Waals surface area contributed by atoms with Gasteiger partial charge in [-0.05, 0) is 39.0 Å². The topological polar surface area (TPSA) is 155 Å². The van der Waals surface area contributed by atoms with Gasteiger partial charge in [-0.2, -0.15) is 5.10 Å². The number of carbonyl (C=O) groups is 1. The molecule has 1 fully saturated rings. The van der Waals surface area contributed by atoms with E-state index in [0.29, 0.717) is 30.2 Å². The smallest absolute Gasteiger partial charge is 0.200 e. The van der Waals surface area contributed by atoms with E-state index in [1.54, 1.807) is 7.05 Å². The molecule has 0 amide bonds. The molecule has 2 aliphatic rings. The van der Waals surface area contributed by atoms with Crippen molar-refractivity contribution in [1.82, 2.24) is 25.9 Å². The molecule has 1 aromatic heterocycles. The Morgan fingerprint density at radius 1 is 1.12 bits per heavy atom. The second-order valence-electron chi connectivity index (χ2n) is 9.99. The maximum absolute atomic E-state index is 13.5. The van der Waals surface area contributed by atoms with Crippen molar-refractivity contribution >= 4 is 17.0 Å². The van der Waals surface area contributed by atoms with Crippen LogP contribution in [0.2, 0.25) is 0 Å². The first kappa shape index (κ1) is 34.9. The minimum Gasteiger partial charge on any atom is -0.394 e. The molecular weight excluding hydrogens is 536 g/mol. The molecule has 11 nitrogen and oxygen atoms in total. The summed E-state index contributed by atoms with van der Waals surface area (Å²) in [4.78, 5) is 13.5.